The van der Waals surface area contributed by atoms with Gasteiger partial charge in [-0.2, -0.15) is 11.8 Å². The SMILES string of the molecule is CN(C(=O)c1sc2nccnc2c1N)C1CCSC1. The number of hydrogen-bond acceptors (Lipinski definition) is 6. The van der Waals surface area contributed by atoms with Crippen LogP contribution in [0.3, 0.4) is 0 Å². The molecule has 0 aliphatic carbocycles. The van der Waals surface area contributed by atoms with Crippen LogP contribution in [0.5, 0.6) is 0 Å². The van der Waals surface area contributed by atoms with Gasteiger partial charge >= 0.3 is 0 Å². The van der Waals surface area contributed by atoms with Gasteiger partial charge in [0.15, 0.2) is 0 Å². The molecular weight excluding hydrogens is 280 g/mol. The third-order valence-electron chi connectivity index (χ3n) is 3.33. The molecule has 1 saturated heterocycles. The van der Waals surface area contributed by atoms with Crippen molar-refractivity contribution in [2.75, 3.05) is 24.3 Å². The molecule has 1 aliphatic heterocycles. The number of aromatic nitrogens is 2. The van der Waals surface area contributed by atoms with E-state index in [0.29, 0.717) is 22.1 Å². The molecule has 19 heavy (non-hydrogen) atoms. The Balaban J connectivity index is 1.94. The first-order valence-electron chi connectivity index (χ1n) is 6.02. The van der Waals surface area contributed by atoms with Gasteiger partial charge in [0.05, 0.1) is 5.69 Å². The van der Waals surface area contributed by atoms with Crippen LogP contribution in [0.25, 0.3) is 10.3 Å². The molecule has 1 fully saturated rings. The number of nitrogens with zero attached hydrogens (tertiary/aromatic N) is 3. The summed E-state index contributed by atoms with van der Waals surface area (Å²) >= 11 is 3.21. The maximum absolute atomic E-state index is 12.5. The van der Waals surface area contributed by atoms with Crippen molar-refractivity contribution in [3.63, 3.8) is 0 Å². The third kappa shape index (κ3) is 2.17. The van der Waals surface area contributed by atoms with E-state index < -0.39 is 0 Å². The molecule has 0 aromatic carbocycles. The lowest BCUT2D eigenvalue weighted by Gasteiger charge is -2.23. The van der Waals surface area contributed by atoms with E-state index in [1.54, 1.807) is 17.3 Å². The Morgan fingerprint density at radius 2 is 2.26 bits per heavy atom. The second-order valence-corrected chi connectivity index (χ2v) is 6.64. The number of amides is 1. The van der Waals surface area contributed by atoms with Crippen molar-refractivity contribution < 1.29 is 4.79 Å². The number of nitrogens with two attached hydrogens (primary N) is 1. The molecule has 0 saturated carbocycles. The number of hydrogen-bond donors (Lipinski definition) is 1. The van der Waals surface area contributed by atoms with Crippen molar-refractivity contribution in [3.8, 4) is 0 Å². The largest absolute Gasteiger partial charge is 0.396 e. The number of fused-ring (bicyclic) bond motifs is 1. The van der Waals surface area contributed by atoms with E-state index in [9.17, 15) is 4.79 Å². The van der Waals surface area contributed by atoms with Gasteiger partial charge in [-0.1, -0.05) is 0 Å². The molecule has 0 bridgehead atoms. The second-order valence-electron chi connectivity index (χ2n) is 4.49. The Kier molecular flexibility index (Phi) is 3.32. The summed E-state index contributed by atoms with van der Waals surface area (Å²) in [6.45, 7) is 0. The highest BCUT2D eigenvalue weighted by Gasteiger charge is 2.27. The predicted octanol–water partition coefficient (Wildman–Crippen LogP) is 1.85. The lowest BCUT2D eigenvalue weighted by Crippen LogP contribution is -2.36. The monoisotopic (exact) mass is 294 g/mol. The molecule has 7 heteroatoms. The topological polar surface area (TPSA) is 72.1 Å². The van der Waals surface area contributed by atoms with E-state index in [1.165, 1.54) is 11.3 Å². The minimum Gasteiger partial charge on any atom is -0.396 e. The number of thioether (sulfide) groups is 1. The zero-order valence-electron chi connectivity index (χ0n) is 10.5. The summed E-state index contributed by atoms with van der Waals surface area (Å²) in [6, 6.07) is 0.308. The van der Waals surface area contributed by atoms with Crippen molar-refractivity contribution in [3.05, 3.63) is 17.3 Å². The van der Waals surface area contributed by atoms with Crippen molar-refractivity contribution in [2.45, 2.75) is 12.5 Å². The highest BCUT2D eigenvalue weighted by Crippen LogP contribution is 2.32. The average Bonchev–Trinajstić information content (AvgIpc) is 3.06. The van der Waals surface area contributed by atoms with Gasteiger partial charge in [0, 0.05) is 31.2 Å². The summed E-state index contributed by atoms with van der Waals surface area (Å²) in [7, 11) is 1.85. The number of nitrogen functional groups attached to an aromatic ring is 1. The van der Waals surface area contributed by atoms with Crippen LogP contribution in [0, 0.1) is 0 Å². The summed E-state index contributed by atoms with van der Waals surface area (Å²) in [4.78, 5) is 24.0. The molecule has 1 unspecified atom stereocenters. The van der Waals surface area contributed by atoms with Crippen LogP contribution < -0.4 is 5.73 Å². The van der Waals surface area contributed by atoms with Gasteiger partial charge in [-0.05, 0) is 12.2 Å². The fourth-order valence-electron chi connectivity index (χ4n) is 2.16. The van der Waals surface area contributed by atoms with E-state index in [4.69, 9.17) is 5.73 Å². The van der Waals surface area contributed by atoms with Crippen LogP contribution in [-0.4, -0.2) is 45.4 Å². The van der Waals surface area contributed by atoms with Gasteiger partial charge in [-0.25, -0.2) is 9.97 Å². The van der Waals surface area contributed by atoms with Crippen LogP contribution >= 0.6 is 23.1 Å². The molecule has 3 rings (SSSR count). The van der Waals surface area contributed by atoms with Gasteiger partial charge in [0.25, 0.3) is 5.91 Å². The molecule has 100 valence electrons. The first-order valence-corrected chi connectivity index (χ1v) is 7.99. The van der Waals surface area contributed by atoms with E-state index in [1.807, 2.05) is 18.8 Å². The highest BCUT2D eigenvalue weighted by atomic mass is 32.2. The summed E-state index contributed by atoms with van der Waals surface area (Å²) in [5.41, 5.74) is 7.12. The molecule has 5 nitrogen and oxygen atoms in total. The van der Waals surface area contributed by atoms with Gasteiger partial charge in [-0.15, -0.1) is 11.3 Å². The van der Waals surface area contributed by atoms with Crippen LogP contribution in [0.15, 0.2) is 12.4 Å². The van der Waals surface area contributed by atoms with E-state index in [2.05, 4.69) is 9.97 Å². The Bertz CT molecular complexity index is 621. The predicted molar refractivity (Wildman–Crippen MR) is 79.7 cm³/mol. The zero-order chi connectivity index (χ0) is 13.4. The zero-order valence-corrected chi connectivity index (χ0v) is 12.1. The van der Waals surface area contributed by atoms with Crippen molar-refractivity contribution in [2.24, 2.45) is 0 Å². The minimum absolute atomic E-state index is 0.0187. The van der Waals surface area contributed by atoms with Crippen molar-refractivity contribution in [1.29, 1.82) is 0 Å². The molecule has 2 aromatic rings. The van der Waals surface area contributed by atoms with Gasteiger partial charge in [0.1, 0.15) is 15.2 Å². The van der Waals surface area contributed by atoms with Gasteiger partial charge in [0.2, 0.25) is 0 Å². The standard InChI is InChI=1S/C12H14N4OS2/c1-16(7-2-5-18-6-7)12(17)10-8(13)9-11(19-10)15-4-3-14-9/h3-4,7H,2,5-6,13H2,1H3. The molecule has 2 N–H and O–H groups in total. The fourth-order valence-corrected chi connectivity index (χ4v) is 4.43. The van der Waals surface area contributed by atoms with E-state index in [-0.39, 0.29) is 5.91 Å². The average molecular weight is 294 g/mol. The Labute approximate surface area is 119 Å². The summed E-state index contributed by atoms with van der Waals surface area (Å²) in [5.74, 6) is 2.10. The van der Waals surface area contributed by atoms with Crippen LogP contribution in [-0.2, 0) is 0 Å². The molecule has 0 radical (unpaired) electrons. The Morgan fingerprint density at radius 3 is 2.95 bits per heavy atom. The van der Waals surface area contributed by atoms with Crippen LogP contribution in [0.2, 0.25) is 0 Å². The van der Waals surface area contributed by atoms with Gasteiger partial charge < -0.3 is 10.6 Å². The highest BCUT2D eigenvalue weighted by molar-refractivity contribution is 7.99. The molecule has 3 heterocycles. The maximum atomic E-state index is 12.5. The van der Waals surface area contributed by atoms with E-state index in [0.717, 1.165) is 22.8 Å². The first-order chi connectivity index (χ1) is 9.18. The summed E-state index contributed by atoms with van der Waals surface area (Å²) in [6.07, 6.45) is 4.26. The molecule has 1 amide bonds. The van der Waals surface area contributed by atoms with Gasteiger partial charge in [-0.3, -0.25) is 4.79 Å². The number of thiophene rings is 1. The third-order valence-corrected chi connectivity index (χ3v) is 5.57. The van der Waals surface area contributed by atoms with Crippen LogP contribution in [0.4, 0.5) is 5.69 Å². The molecule has 0 spiro atoms. The summed E-state index contributed by atoms with van der Waals surface area (Å²) in [5, 5.41) is 0. The van der Waals surface area contributed by atoms with Crippen molar-refractivity contribution in [1.82, 2.24) is 14.9 Å². The Morgan fingerprint density at radius 1 is 1.47 bits per heavy atom. The van der Waals surface area contributed by atoms with Crippen LogP contribution in [0.1, 0.15) is 16.1 Å². The summed E-state index contributed by atoms with van der Waals surface area (Å²) < 4.78 is 0. The lowest BCUT2D eigenvalue weighted by atomic mass is 10.2. The first kappa shape index (κ1) is 12.7. The smallest absolute Gasteiger partial charge is 0.266 e. The molecular formula is C12H14N4OS2. The number of anilines is 1. The number of rotatable bonds is 2. The fraction of sp³-hybridized carbons (Fsp3) is 0.417. The quantitative estimate of drug-likeness (QED) is 0.915. The number of carbonyl (C=O) groups is 1. The maximum Gasteiger partial charge on any atom is 0.266 e. The lowest BCUT2D eigenvalue weighted by molar-refractivity contribution is 0.0754. The van der Waals surface area contributed by atoms with E-state index >= 15 is 0 Å². The normalized spacial score (nSPS) is 18.9. The molecule has 1 aliphatic rings. The molecule has 1 atom stereocenters. The minimum atomic E-state index is -0.0187. The Hall–Kier alpha value is -1.34. The number of carbonyl (C=O) groups excluding carboxylic acids is 1. The molecule has 2 aromatic heterocycles. The van der Waals surface area contributed by atoms with Crippen molar-refractivity contribution >= 4 is 45.0 Å². The second kappa shape index (κ2) is 4.97.